The number of rotatable bonds is 5. The predicted octanol–water partition coefficient (Wildman–Crippen LogP) is 1.44. The third-order valence-corrected chi connectivity index (χ3v) is 2.62. The number of halogens is 3. The van der Waals surface area contributed by atoms with Gasteiger partial charge in [-0.05, 0) is 12.1 Å². The molecule has 0 aliphatic heterocycles. The van der Waals surface area contributed by atoms with Crippen LogP contribution in [0.25, 0.3) is 0 Å². The molecule has 0 spiro atoms. The van der Waals surface area contributed by atoms with E-state index in [2.05, 4.69) is 20.0 Å². The van der Waals surface area contributed by atoms with Gasteiger partial charge in [0, 0.05) is 18.3 Å². The SMILES string of the molecule is O=C(NCc1c(F)cccc1OC(F)F)c1c[nH]c(=O)cn1. The number of carbonyl (C=O) groups is 1. The molecule has 0 saturated heterocycles. The number of aromatic nitrogens is 2. The van der Waals surface area contributed by atoms with Gasteiger partial charge in [0.1, 0.15) is 17.3 Å². The monoisotopic (exact) mass is 313 g/mol. The van der Waals surface area contributed by atoms with Gasteiger partial charge in [0.05, 0.1) is 6.20 Å². The van der Waals surface area contributed by atoms with Crippen LogP contribution in [0.4, 0.5) is 13.2 Å². The maximum Gasteiger partial charge on any atom is 0.387 e. The highest BCUT2D eigenvalue weighted by Gasteiger charge is 2.15. The maximum absolute atomic E-state index is 13.7. The van der Waals surface area contributed by atoms with Crippen molar-refractivity contribution in [2.24, 2.45) is 0 Å². The first-order valence-electron chi connectivity index (χ1n) is 6.02. The van der Waals surface area contributed by atoms with E-state index in [9.17, 15) is 22.8 Å². The molecular formula is C13H10F3N3O3. The van der Waals surface area contributed by atoms with Gasteiger partial charge in [-0.25, -0.2) is 9.37 Å². The second kappa shape index (κ2) is 6.74. The van der Waals surface area contributed by atoms with Gasteiger partial charge in [0.15, 0.2) is 0 Å². The molecule has 1 heterocycles. The second-order valence-electron chi connectivity index (χ2n) is 4.07. The highest BCUT2D eigenvalue weighted by molar-refractivity contribution is 5.91. The zero-order valence-electron chi connectivity index (χ0n) is 11.0. The molecule has 0 saturated carbocycles. The van der Waals surface area contributed by atoms with Crippen LogP contribution in [-0.2, 0) is 6.54 Å². The molecule has 0 aliphatic rings. The number of nitrogens with zero attached hydrogens (tertiary/aromatic N) is 1. The largest absolute Gasteiger partial charge is 0.434 e. The molecule has 0 bridgehead atoms. The number of amides is 1. The molecule has 1 amide bonds. The normalized spacial score (nSPS) is 10.5. The molecule has 9 heteroatoms. The van der Waals surface area contributed by atoms with Crippen molar-refractivity contribution in [3.8, 4) is 5.75 Å². The lowest BCUT2D eigenvalue weighted by Crippen LogP contribution is -2.26. The van der Waals surface area contributed by atoms with Gasteiger partial charge in [0.25, 0.3) is 11.5 Å². The molecule has 2 N–H and O–H groups in total. The summed E-state index contributed by atoms with van der Waals surface area (Å²) in [5.74, 6) is -1.87. The van der Waals surface area contributed by atoms with Crippen molar-refractivity contribution in [3.63, 3.8) is 0 Å². The lowest BCUT2D eigenvalue weighted by Gasteiger charge is -2.12. The van der Waals surface area contributed by atoms with E-state index in [1.807, 2.05) is 0 Å². The van der Waals surface area contributed by atoms with Gasteiger partial charge in [-0.3, -0.25) is 9.59 Å². The van der Waals surface area contributed by atoms with Crippen molar-refractivity contribution >= 4 is 5.91 Å². The number of nitrogens with one attached hydrogen (secondary N) is 2. The van der Waals surface area contributed by atoms with Crippen LogP contribution in [0.3, 0.4) is 0 Å². The fourth-order valence-electron chi connectivity index (χ4n) is 1.64. The van der Waals surface area contributed by atoms with E-state index in [0.717, 1.165) is 24.5 Å². The van der Waals surface area contributed by atoms with Crippen molar-refractivity contribution in [3.05, 3.63) is 58.0 Å². The Balaban J connectivity index is 2.12. The smallest absolute Gasteiger partial charge is 0.387 e. The Kier molecular flexibility index (Phi) is 4.77. The summed E-state index contributed by atoms with van der Waals surface area (Å²) in [4.78, 5) is 28.4. The number of benzene rings is 1. The number of hydrogen-bond acceptors (Lipinski definition) is 4. The third kappa shape index (κ3) is 3.84. The fraction of sp³-hybridized carbons (Fsp3) is 0.154. The highest BCUT2D eigenvalue weighted by atomic mass is 19.3. The molecule has 0 fully saturated rings. The van der Waals surface area contributed by atoms with Crippen molar-refractivity contribution in [1.29, 1.82) is 0 Å². The quantitative estimate of drug-likeness (QED) is 0.875. The predicted molar refractivity (Wildman–Crippen MR) is 69.1 cm³/mol. The minimum Gasteiger partial charge on any atom is -0.434 e. The van der Waals surface area contributed by atoms with Crippen molar-refractivity contribution in [2.45, 2.75) is 13.2 Å². The average molecular weight is 313 g/mol. The summed E-state index contributed by atoms with van der Waals surface area (Å²) in [5.41, 5.74) is -0.814. The standard InChI is InChI=1S/C13H10F3N3O3/c14-8-2-1-3-10(22-13(15)16)7(8)4-19-12(21)9-5-18-11(20)6-17-9/h1-3,5-6,13H,4H2,(H,18,20)(H,19,21). The van der Waals surface area contributed by atoms with Crippen LogP contribution >= 0.6 is 0 Å². The van der Waals surface area contributed by atoms with Crippen molar-refractivity contribution in [2.75, 3.05) is 0 Å². The van der Waals surface area contributed by atoms with Crippen LogP contribution < -0.4 is 15.6 Å². The molecule has 2 rings (SSSR count). The Hall–Kier alpha value is -2.84. The van der Waals surface area contributed by atoms with Crippen LogP contribution in [0.5, 0.6) is 5.75 Å². The second-order valence-corrected chi connectivity index (χ2v) is 4.07. The Morgan fingerprint density at radius 3 is 2.82 bits per heavy atom. The topological polar surface area (TPSA) is 84.1 Å². The molecule has 0 atom stereocenters. The molecule has 1 aromatic carbocycles. The average Bonchev–Trinajstić information content (AvgIpc) is 2.46. The zero-order valence-corrected chi connectivity index (χ0v) is 11.0. The Morgan fingerprint density at radius 1 is 1.41 bits per heavy atom. The van der Waals surface area contributed by atoms with Gasteiger partial charge in [-0.1, -0.05) is 6.07 Å². The van der Waals surface area contributed by atoms with Gasteiger partial charge in [-0.15, -0.1) is 0 Å². The van der Waals surface area contributed by atoms with Gasteiger partial charge >= 0.3 is 6.61 Å². The maximum atomic E-state index is 13.7. The van der Waals surface area contributed by atoms with Crippen LogP contribution in [0.2, 0.25) is 0 Å². The van der Waals surface area contributed by atoms with Crippen molar-refractivity contribution in [1.82, 2.24) is 15.3 Å². The first kappa shape index (κ1) is 15.5. The molecular weight excluding hydrogens is 303 g/mol. The van der Waals surface area contributed by atoms with E-state index in [-0.39, 0.29) is 23.6 Å². The summed E-state index contributed by atoms with van der Waals surface area (Å²) < 4.78 is 42.4. The van der Waals surface area contributed by atoms with E-state index in [1.54, 1.807) is 0 Å². The Bertz CT molecular complexity index is 713. The Morgan fingerprint density at radius 2 is 2.18 bits per heavy atom. The van der Waals surface area contributed by atoms with Gasteiger partial charge in [0.2, 0.25) is 0 Å². The molecule has 0 unspecified atom stereocenters. The summed E-state index contributed by atoms with van der Waals surface area (Å²) in [7, 11) is 0. The molecule has 1 aromatic heterocycles. The molecule has 22 heavy (non-hydrogen) atoms. The minimum atomic E-state index is -3.11. The molecule has 0 aliphatic carbocycles. The molecule has 0 radical (unpaired) electrons. The van der Waals surface area contributed by atoms with E-state index in [4.69, 9.17) is 0 Å². The highest BCUT2D eigenvalue weighted by Crippen LogP contribution is 2.23. The third-order valence-electron chi connectivity index (χ3n) is 2.62. The lowest BCUT2D eigenvalue weighted by molar-refractivity contribution is -0.0506. The number of carbonyl (C=O) groups excluding carboxylic acids is 1. The molecule has 6 nitrogen and oxygen atoms in total. The van der Waals surface area contributed by atoms with Crippen LogP contribution in [0.15, 0.2) is 35.4 Å². The van der Waals surface area contributed by atoms with Crippen LogP contribution in [0, 0.1) is 5.82 Å². The van der Waals surface area contributed by atoms with Gasteiger partial charge < -0.3 is 15.0 Å². The number of ether oxygens (including phenoxy) is 1. The first-order chi connectivity index (χ1) is 10.5. The zero-order chi connectivity index (χ0) is 16.1. The summed E-state index contributed by atoms with van der Waals surface area (Å²) in [6.45, 7) is -3.49. The van der Waals surface area contributed by atoms with E-state index < -0.39 is 23.9 Å². The molecule has 2 aromatic rings. The number of aromatic amines is 1. The van der Waals surface area contributed by atoms with Crippen LogP contribution in [-0.4, -0.2) is 22.5 Å². The summed E-state index contributed by atoms with van der Waals surface area (Å²) in [5, 5.41) is 2.30. The summed E-state index contributed by atoms with van der Waals surface area (Å²) in [6, 6.07) is 3.43. The van der Waals surface area contributed by atoms with E-state index in [1.165, 1.54) is 6.07 Å². The minimum absolute atomic E-state index is 0.104. The van der Waals surface area contributed by atoms with Crippen molar-refractivity contribution < 1.29 is 22.7 Å². The van der Waals surface area contributed by atoms with Gasteiger partial charge in [-0.2, -0.15) is 8.78 Å². The van der Waals surface area contributed by atoms with Crippen LogP contribution in [0.1, 0.15) is 16.1 Å². The number of hydrogen-bond donors (Lipinski definition) is 2. The lowest BCUT2D eigenvalue weighted by atomic mass is 10.2. The number of alkyl halides is 2. The van der Waals surface area contributed by atoms with E-state index >= 15 is 0 Å². The fourth-order valence-corrected chi connectivity index (χ4v) is 1.64. The first-order valence-corrected chi connectivity index (χ1v) is 6.02. The van der Waals surface area contributed by atoms with E-state index in [0.29, 0.717) is 0 Å². The Labute approximate surface area is 122 Å². The molecule has 116 valence electrons. The number of H-pyrrole nitrogens is 1. The summed E-state index contributed by atoms with van der Waals surface area (Å²) in [6.07, 6.45) is 1.99. The summed E-state index contributed by atoms with van der Waals surface area (Å²) >= 11 is 0.